The lowest BCUT2D eigenvalue weighted by Crippen LogP contribution is -2.21. The van der Waals surface area contributed by atoms with Crippen molar-refractivity contribution in [2.45, 2.75) is 19.8 Å². The van der Waals surface area contributed by atoms with Crippen molar-refractivity contribution in [3.8, 4) is 11.5 Å². The van der Waals surface area contributed by atoms with E-state index in [4.69, 9.17) is 18.7 Å². The third-order valence-electron chi connectivity index (χ3n) is 3.33. The van der Waals surface area contributed by atoms with E-state index in [9.17, 15) is 9.59 Å². The summed E-state index contributed by atoms with van der Waals surface area (Å²) in [5.74, 6) is 1.12. The van der Waals surface area contributed by atoms with Crippen LogP contribution in [-0.4, -0.2) is 37.9 Å². The summed E-state index contributed by atoms with van der Waals surface area (Å²) in [5, 5.41) is 6.09. The molecule has 0 atom stereocenters. The Morgan fingerprint density at radius 2 is 1.92 bits per heavy atom. The molecule has 0 aliphatic carbocycles. The summed E-state index contributed by atoms with van der Waals surface area (Å²) < 4.78 is 20.1. The maximum Gasteiger partial charge on any atom is 0.306 e. The number of nitrogens with one attached hydrogen (secondary N) is 1. The number of hydrogen-bond donors (Lipinski definition) is 1. The van der Waals surface area contributed by atoms with Gasteiger partial charge in [-0.05, 0) is 31.0 Å². The number of nitrogens with zero attached hydrogens (tertiary/aromatic N) is 1. The van der Waals surface area contributed by atoms with Crippen LogP contribution >= 0.6 is 0 Å². The number of ether oxygens (including phenoxy) is 3. The highest BCUT2D eigenvalue weighted by atomic mass is 16.5. The monoisotopic (exact) mass is 348 g/mol. The lowest BCUT2D eigenvalue weighted by atomic mass is 10.1. The van der Waals surface area contributed by atoms with E-state index in [-0.39, 0.29) is 18.8 Å². The third kappa shape index (κ3) is 5.52. The van der Waals surface area contributed by atoms with Gasteiger partial charge in [0.05, 0.1) is 14.2 Å². The van der Waals surface area contributed by atoms with Crippen LogP contribution in [0.15, 0.2) is 28.8 Å². The fourth-order valence-electron chi connectivity index (χ4n) is 2.10. The fraction of sp³-hybridized carbons (Fsp3) is 0.353. The van der Waals surface area contributed by atoms with Gasteiger partial charge in [0.25, 0.3) is 5.91 Å². The highest BCUT2D eigenvalue weighted by Crippen LogP contribution is 2.27. The van der Waals surface area contributed by atoms with Crippen LogP contribution in [0.1, 0.15) is 17.7 Å². The zero-order valence-electron chi connectivity index (χ0n) is 14.3. The van der Waals surface area contributed by atoms with Crippen molar-refractivity contribution in [2.75, 3.05) is 26.1 Å². The van der Waals surface area contributed by atoms with Crippen molar-refractivity contribution in [3.05, 3.63) is 35.6 Å². The van der Waals surface area contributed by atoms with E-state index >= 15 is 0 Å². The van der Waals surface area contributed by atoms with Gasteiger partial charge in [-0.25, -0.2) is 0 Å². The summed E-state index contributed by atoms with van der Waals surface area (Å²) in [5.41, 5.74) is 0.900. The van der Waals surface area contributed by atoms with E-state index in [1.807, 2.05) is 6.07 Å². The lowest BCUT2D eigenvalue weighted by Gasteiger charge is -2.09. The summed E-state index contributed by atoms with van der Waals surface area (Å²) in [6.45, 7) is 1.33. The average Bonchev–Trinajstić information content (AvgIpc) is 3.02. The Morgan fingerprint density at radius 1 is 1.16 bits per heavy atom. The summed E-state index contributed by atoms with van der Waals surface area (Å²) in [7, 11) is 3.10. The van der Waals surface area contributed by atoms with Gasteiger partial charge in [0, 0.05) is 12.5 Å². The van der Waals surface area contributed by atoms with Crippen LogP contribution in [0.3, 0.4) is 0 Å². The number of amides is 1. The molecule has 0 unspecified atom stereocenters. The SMILES string of the molecule is COc1ccc(CCC(=O)OCC(=O)Nc2cc(C)on2)cc1OC. The molecule has 0 spiro atoms. The molecule has 0 radical (unpaired) electrons. The normalized spacial score (nSPS) is 10.2. The number of methoxy groups -OCH3 is 2. The van der Waals surface area contributed by atoms with Crippen LogP contribution in [0, 0.1) is 6.92 Å². The molecule has 0 saturated heterocycles. The van der Waals surface area contributed by atoms with Gasteiger partial charge in [0.2, 0.25) is 0 Å². The standard InChI is InChI=1S/C17H20N2O6/c1-11-8-15(19-25-11)18-16(20)10-24-17(21)7-5-12-4-6-13(22-2)14(9-12)23-3/h4,6,8-9H,5,7,10H2,1-3H3,(H,18,19,20). The molecule has 1 amide bonds. The van der Waals surface area contributed by atoms with Crippen LogP contribution in [0.5, 0.6) is 11.5 Å². The average molecular weight is 348 g/mol. The molecule has 1 N–H and O–H groups in total. The van der Waals surface area contributed by atoms with Crippen LogP contribution < -0.4 is 14.8 Å². The predicted octanol–water partition coefficient (Wildman–Crippen LogP) is 2.11. The summed E-state index contributed by atoms with van der Waals surface area (Å²) in [6.07, 6.45) is 0.606. The first-order valence-corrected chi connectivity index (χ1v) is 7.61. The second-order valence-corrected chi connectivity index (χ2v) is 5.22. The third-order valence-corrected chi connectivity index (χ3v) is 3.33. The maximum atomic E-state index is 11.8. The first kappa shape index (κ1) is 18.3. The number of esters is 1. The molecule has 8 heteroatoms. The number of aryl methyl sites for hydroxylation is 2. The van der Waals surface area contributed by atoms with Crippen molar-refractivity contribution >= 4 is 17.7 Å². The maximum absolute atomic E-state index is 11.8. The molecule has 2 rings (SSSR count). The molecule has 0 aliphatic heterocycles. The molecule has 0 bridgehead atoms. The van der Waals surface area contributed by atoms with E-state index in [0.717, 1.165) is 5.56 Å². The van der Waals surface area contributed by atoms with Gasteiger partial charge in [0.1, 0.15) is 5.76 Å². The van der Waals surface area contributed by atoms with E-state index in [1.54, 1.807) is 39.3 Å². The molecule has 0 aliphatic rings. The number of aromatic nitrogens is 1. The fourth-order valence-corrected chi connectivity index (χ4v) is 2.10. The minimum Gasteiger partial charge on any atom is -0.493 e. The molecular formula is C17H20N2O6. The zero-order chi connectivity index (χ0) is 18.2. The molecule has 134 valence electrons. The van der Waals surface area contributed by atoms with Gasteiger partial charge >= 0.3 is 5.97 Å². The molecule has 0 saturated carbocycles. The first-order chi connectivity index (χ1) is 12.0. The van der Waals surface area contributed by atoms with E-state index in [1.165, 1.54) is 0 Å². The first-order valence-electron chi connectivity index (χ1n) is 7.61. The molecule has 8 nitrogen and oxygen atoms in total. The van der Waals surface area contributed by atoms with Gasteiger partial charge in [-0.15, -0.1) is 0 Å². The molecule has 2 aromatic rings. The van der Waals surface area contributed by atoms with Crippen molar-refractivity contribution < 1.29 is 28.3 Å². The molecule has 1 aromatic carbocycles. The Labute approximate surface area is 145 Å². The highest BCUT2D eigenvalue weighted by Gasteiger charge is 2.11. The van der Waals surface area contributed by atoms with Crippen LogP contribution in [-0.2, 0) is 20.7 Å². The molecule has 0 fully saturated rings. The number of hydrogen-bond acceptors (Lipinski definition) is 7. The second-order valence-electron chi connectivity index (χ2n) is 5.22. The number of carbonyl (C=O) groups excluding carboxylic acids is 2. The highest BCUT2D eigenvalue weighted by molar-refractivity contribution is 5.91. The van der Waals surface area contributed by atoms with Gasteiger partial charge in [-0.2, -0.15) is 0 Å². The van der Waals surface area contributed by atoms with E-state index in [2.05, 4.69) is 10.5 Å². The summed E-state index contributed by atoms with van der Waals surface area (Å²) in [4.78, 5) is 23.4. The number of carbonyl (C=O) groups is 2. The number of rotatable bonds is 8. The van der Waals surface area contributed by atoms with Gasteiger partial charge in [-0.3, -0.25) is 9.59 Å². The number of anilines is 1. The second kappa shape index (κ2) is 8.72. The summed E-state index contributed by atoms with van der Waals surface area (Å²) >= 11 is 0. The van der Waals surface area contributed by atoms with Gasteiger partial charge in [-0.1, -0.05) is 11.2 Å². The largest absolute Gasteiger partial charge is 0.493 e. The molecule has 25 heavy (non-hydrogen) atoms. The van der Waals surface area contributed by atoms with Crippen molar-refractivity contribution in [2.24, 2.45) is 0 Å². The van der Waals surface area contributed by atoms with Crippen molar-refractivity contribution in [3.63, 3.8) is 0 Å². The number of benzene rings is 1. The Bertz CT molecular complexity index is 740. The smallest absolute Gasteiger partial charge is 0.306 e. The quantitative estimate of drug-likeness (QED) is 0.729. The zero-order valence-corrected chi connectivity index (χ0v) is 14.3. The summed E-state index contributed by atoms with van der Waals surface area (Å²) in [6, 6.07) is 6.98. The van der Waals surface area contributed by atoms with Crippen LogP contribution in [0.4, 0.5) is 5.82 Å². The molecule has 1 heterocycles. The predicted molar refractivity (Wildman–Crippen MR) is 88.7 cm³/mol. The minimum absolute atomic E-state index is 0.145. The Balaban J connectivity index is 1.76. The van der Waals surface area contributed by atoms with Crippen LogP contribution in [0.2, 0.25) is 0 Å². The van der Waals surface area contributed by atoms with Gasteiger partial charge in [0.15, 0.2) is 23.9 Å². The Morgan fingerprint density at radius 3 is 2.56 bits per heavy atom. The molecule has 1 aromatic heterocycles. The minimum atomic E-state index is -0.479. The van der Waals surface area contributed by atoms with Crippen molar-refractivity contribution in [1.82, 2.24) is 5.16 Å². The molecular weight excluding hydrogens is 328 g/mol. The van der Waals surface area contributed by atoms with Crippen LogP contribution in [0.25, 0.3) is 0 Å². The van der Waals surface area contributed by atoms with E-state index < -0.39 is 11.9 Å². The van der Waals surface area contributed by atoms with Crippen molar-refractivity contribution in [1.29, 1.82) is 0 Å². The lowest BCUT2D eigenvalue weighted by molar-refractivity contribution is -0.147. The Hall–Kier alpha value is -3.03. The van der Waals surface area contributed by atoms with E-state index in [0.29, 0.717) is 23.7 Å². The topological polar surface area (TPSA) is 99.9 Å². The Kier molecular flexibility index (Phi) is 6.39. The van der Waals surface area contributed by atoms with Gasteiger partial charge < -0.3 is 24.1 Å².